The summed E-state index contributed by atoms with van der Waals surface area (Å²) in [6.45, 7) is 1.98. The lowest BCUT2D eigenvalue weighted by molar-refractivity contribution is -0.138. The fourth-order valence-corrected chi connectivity index (χ4v) is 1.92. The van der Waals surface area contributed by atoms with Crippen molar-refractivity contribution in [3.05, 3.63) is 17.7 Å². The molecule has 1 N–H and O–H groups in total. The van der Waals surface area contributed by atoms with Gasteiger partial charge in [0.25, 0.3) is 0 Å². The van der Waals surface area contributed by atoms with Crippen molar-refractivity contribution >= 4 is 5.97 Å². The standard InChI is InChI=1S/C12H14O5/c1-3-7(12(13)14)8-4-10-11(17-6-16-10)5-9(8)15-2/h4-5,7H,3,6H2,1-2H3,(H,13,14). The predicted molar refractivity (Wildman–Crippen MR) is 59.8 cm³/mol. The number of aliphatic carboxylic acids is 1. The summed E-state index contributed by atoms with van der Waals surface area (Å²) in [5, 5.41) is 9.17. The molecule has 0 amide bonds. The Morgan fingerprint density at radius 1 is 1.47 bits per heavy atom. The zero-order valence-corrected chi connectivity index (χ0v) is 9.73. The smallest absolute Gasteiger partial charge is 0.311 e. The predicted octanol–water partition coefficient (Wildman–Crippen LogP) is 2.00. The van der Waals surface area contributed by atoms with Gasteiger partial charge in [0.2, 0.25) is 6.79 Å². The van der Waals surface area contributed by atoms with Gasteiger partial charge in [-0.05, 0) is 12.5 Å². The van der Waals surface area contributed by atoms with Gasteiger partial charge in [-0.3, -0.25) is 4.79 Å². The maximum atomic E-state index is 11.2. The van der Waals surface area contributed by atoms with Gasteiger partial charge in [-0.15, -0.1) is 0 Å². The molecule has 0 saturated carbocycles. The lowest BCUT2D eigenvalue weighted by Gasteiger charge is -2.15. The number of fused-ring (bicyclic) bond motifs is 1. The molecular weight excluding hydrogens is 224 g/mol. The summed E-state index contributed by atoms with van der Waals surface area (Å²) in [4.78, 5) is 11.2. The monoisotopic (exact) mass is 238 g/mol. The second-order valence-corrected chi connectivity index (χ2v) is 3.75. The molecular formula is C12H14O5. The molecule has 1 heterocycles. The minimum absolute atomic E-state index is 0.159. The van der Waals surface area contributed by atoms with E-state index in [0.717, 1.165) is 0 Å². The van der Waals surface area contributed by atoms with Crippen molar-refractivity contribution in [2.75, 3.05) is 13.9 Å². The number of benzene rings is 1. The first-order valence-corrected chi connectivity index (χ1v) is 5.37. The SMILES string of the molecule is CCC(C(=O)O)c1cc2c(cc1OC)OCO2. The van der Waals surface area contributed by atoms with Crippen LogP contribution in [0.5, 0.6) is 17.2 Å². The summed E-state index contributed by atoms with van der Waals surface area (Å²) in [5.41, 5.74) is 0.617. The van der Waals surface area contributed by atoms with Gasteiger partial charge in [0.1, 0.15) is 5.75 Å². The van der Waals surface area contributed by atoms with Crippen LogP contribution in [0.2, 0.25) is 0 Å². The molecule has 2 rings (SSSR count). The van der Waals surface area contributed by atoms with Crippen molar-refractivity contribution in [3.63, 3.8) is 0 Å². The molecule has 1 aliphatic rings. The van der Waals surface area contributed by atoms with E-state index in [1.54, 1.807) is 12.1 Å². The molecule has 0 bridgehead atoms. The summed E-state index contributed by atoms with van der Waals surface area (Å²) in [5.74, 6) is 0.207. The lowest BCUT2D eigenvalue weighted by Crippen LogP contribution is -2.11. The summed E-state index contributed by atoms with van der Waals surface area (Å²) in [6.07, 6.45) is 0.491. The molecule has 0 saturated heterocycles. The third-order valence-corrected chi connectivity index (χ3v) is 2.81. The van der Waals surface area contributed by atoms with Gasteiger partial charge in [0, 0.05) is 11.6 Å². The highest BCUT2D eigenvalue weighted by Gasteiger charge is 2.26. The number of ether oxygens (including phenoxy) is 3. The molecule has 1 unspecified atom stereocenters. The molecule has 92 valence electrons. The van der Waals surface area contributed by atoms with Crippen molar-refractivity contribution in [3.8, 4) is 17.2 Å². The van der Waals surface area contributed by atoms with Crippen molar-refractivity contribution in [1.29, 1.82) is 0 Å². The number of carboxylic acid groups (broad SMARTS) is 1. The Morgan fingerprint density at radius 2 is 2.12 bits per heavy atom. The van der Waals surface area contributed by atoms with Crippen LogP contribution < -0.4 is 14.2 Å². The molecule has 0 spiro atoms. The van der Waals surface area contributed by atoms with Gasteiger partial charge in [-0.25, -0.2) is 0 Å². The molecule has 0 aliphatic carbocycles. The molecule has 5 heteroatoms. The van der Waals surface area contributed by atoms with Crippen molar-refractivity contribution < 1.29 is 24.1 Å². The van der Waals surface area contributed by atoms with E-state index in [-0.39, 0.29) is 6.79 Å². The van der Waals surface area contributed by atoms with E-state index in [4.69, 9.17) is 19.3 Å². The summed E-state index contributed by atoms with van der Waals surface area (Å²) in [6, 6.07) is 3.35. The first-order chi connectivity index (χ1) is 8.17. The van der Waals surface area contributed by atoms with E-state index >= 15 is 0 Å². The quantitative estimate of drug-likeness (QED) is 0.869. The average molecular weight is 238 g/mol. The number of hydrogen-bond donors (Lipinski definition) is 1. The van der Waals surface area contributed by atoms with Crippen molar-refractivity contribution in [2.45, 2.75) is 19.3 Å². The molecule has 1 atom stereocenters. The third-order valence-electron chi connectivity index (χ3n) is 2.81. The highest BCUT2D eigenvalue weighted by atomic mass is 16.7. The summed E-state index contributed by atoms with van der Waals surface area (Å²) in [7, 11) is 1.51. The fraction of sp³-hybridized carbons (Fsp3) is 0.417. The van der Waals surface area contributed by atoms with Gasteiger partial charge in [0.05, 0.1) is 13.0 Å². The Bertz CT molecular complexity index is 441. The maximum Gasteiger partial charge on any atom is 0.311 e. The minimum Gasteiger partial charge on any atom is -0.496 e. The molecule has 17 heavy (non-hydrogen) atoms. The Morgan fingerprint density at radius 3 is 2.65 bits per heavy atom. The molecule has 1 aromatic rings. The minimum atomic E-state index is -0.871. The summed E-state index contributed by atoms with van der Waals surface area (Å²) >= 11 is 0. The second-order valence-electron chi connectivity index (χ2n) is 3.75. The fourth-order valence-electron chi connectivity index (χ4n) is 1.92. The number of carbonyl (C=O) groups is 1. The van der Waals surface area contributed by atoms with E-state index in [9.17, 15) is 4.79 Å². The first kappa shape index (κ1) is 11.6. The third kappa shape index (κ3) is 2.00. The molecule has 5 nitrogen and oxygen atoms in total. The molecule has 1 aromatic carbocycles. The molecule has 0 radical (unpaired) electrons. The van der Waals surface area contributed by atoms with E-state index in [0.29, 0.717) is 29.2 Å². The van der Waals surface area contributed by atoms with Gasteiger partial charge >= 0.3 is 5.97 Å². The molecule has 0 aromatic heterocycles. The van der Waals surface area contributed by atoms with Crippen LogP contribution in [0.25, 0.3) is 0 Å². The Balaban J connectivity index is 2.48. The van der Waals surface area contributed by atoms with Gasteiger partial charge < -0.3 is 19.3 Å². The van der Waals surface area contributed by atoms with Gasteiger partial charge in [-0.2, -0.15) is 0 Å². The van der Waals surface area contributed by atoms with Crippen LogP contribution in [0.1, 0.15) is 24.8 Å². The summed E-state index contributed by atoms with van der Waals surface area (Å²) < 4.78 is 15.7. The van der Waals surface area contributed by atoms with Crippen LogP contribution in [0, 0.1) is 0 Å². The van der Waals surface area contributed by atoms with Crippen LogP contribution in [-0.2, 0) is 4.79 Å². The van der Waals surface area contributed by atoms with E-state index in [1.165, 1.54) is 7.11 Å². The van der Waals surface area contributed by atoms with Crippen LogP contribution in [-0.4, -0.2) is 25.0 Å². The average Bonchev–Trinajstić information content (AvgIpc) is 2.75. The van der Waals surface area contributed by atoms with Crippen molar-refractivity contribution in [1.82, 2.24) is 0 Å². The Labute approximate surface area is 98.9 Å². The van der Waals surface area contributed by atoms with E-state index in [2.05, 4.69) is 0 Å². The number of hydrogen-bond acceptors (Lipinski definition) is 4. The van der Waals surface area contributed by atoms with Crippen LogP contribution in [0.4, 0.5) is 0 Å². The molecule has 1 aliphatic heterocycles. The van der Waals surface area contributed by atoms with Crippen LogP contribution in [0.15, 0.2) is 12.1 Å². The van der Waals surface area contributed by atoms with Crippen molar-refractivity contribution in [2.24, 2.45) is 0 Å². The largest absolute Gasteiger partial charge is 0.496 e. The highest BCUT2D eigenvalue weighted by molar-refractivity contribution is 5.78. The topological polar surface area (TPSA) is 65.0 Å². The zero-order chi connectivity index (χ0) is 12.4. The number of methoxy groups -OCH3 is 1. The van der Waals surface area contributed by atoms with Crippen LogP contribution >= 0.6 is 0 Å². The van der Waals surface area contributed by atoms with E-state index in [1.807, 2.05) is 6.92 Å². The van der Waals surface area contributed by atoms with E-state index < -0.39 is 11.9 Å². The molecule has 0 fully saturated rings. The Kier molecular flexibility index (Phi) is 3.08. The lowest BCUT2D eigenvalue weighted by atomic mass is 9.95. The second kappa shape index (κ2) is 4.53. The van der Waals surface area contributed by atoms with Crippen LogP contribution in [0.3, 0.4) is 0 Å². The van der Waals surface area contributed by atoms with Gasteiger partial charge in [0.15, 0.2) is 11.5 Å². The number of carboxylic acids is 1. The Hall–Kier alpha value is -1.91. The zero-order valence-electron chi connectivity index (χ0n) is 9.73. The maximum absolute atomic E-state index is 11.2. The highest BCUT2D eigenvalue weighted by Crippen LogP contribution is 2.41. The number of rotatable bonds is 4. The first-order valence-electron chi connectivity index (χ1n) is 5.37. The van der Waals surface area contributed by atoms with Gasteiger partial charge in [-0.1, -0.05) is 6.92 Å². The normalized spacial score (nSPS) is 14.5.